The Morgan fingerprint density at radius 1 is 0.827 bits per heavy atom. The number of carbonyl (C=O) groups is 5. The van der Waals surface area contributed by atoms with E-state index in [1.54, 1.807) is 24.3 Å². The molecule has 1 fully saturated rings. The summed E-state index contributed by atoms with van der Waals surface area (Å²) in [5.41, 5.74) is 7.18. The van der Waals surface area contributed by atoms with E-state index in [0.29, 0.717) is 65.5 Å². The van der Waals surface area contributed by atoms with E-state index in [1.165, 1.54) is 29.2 Å². The number of carboxylic acids is 1. The molecule has 2 heterocycles. The lowest BCUT2D eigenvalue weighted by Gasteiger charge is -2.26. The third kappa shape index (κ3) is 15.5. The number of aliphatic hydroxyl groups is 2. The van der Waals surface area contributed by atoms with Crippen LogP contribution in [0.4, 0.5) is 19.7 Å². The largest absolute Gasteiger partial charge is 0.481 e. The van der Waals surface area contributed by atoms with E-state index in [2.05, 4.69) is 27.6 Å². The normalized spacial score (nSPS) is 16.4. The topological polar surface area (TPSA) is 236 Å². The van der Waals surface area contributed by atoms with Gasteiger partial charge in [-0.15, -0.1) is 0 Å². The van der Waals surface area contributed by atoms with Crippen LogP contribution in [-0.4, -0.2) is 94.4 Å². The van der Waals surface area contributed by atoms with Crippen molar-refractivity contribution in [3.8, 4) is 22.4 Å². The van der Waals surface area contributed by atoms with Gasteiger partial charge in [0.15, 0.2) is 0 Å². The van der Waals surface area contributed by atoms with Gasteiger partial charge in [0.1, 0.15) is 5.82 Å². The van der Waals surface area contributed by atoms with Crippen molar-refractivity contribution in [1.82, 2.24) is 24.8 Å². The van der Waals surface area contributed by atoms with Crippen LogP contribution in [0.15, 0.2) is 125 Å². The Hall–Kier alpha value is -7.15. The number of nitrogens with one attached hydrogen (secondary N) is 4. The molecule has 1 aromatic heterocycles. The summed E-state index contributed by atoms with van der Waals surface area (Å²) in [4.78, 5) is 63.0. The Kier molecular flexibility index (Phi) is 20.1. The fourth-order valence-corrected chi connectivity index (χ4v) is 10.5. The van der Waals surface area contributed by atoms with Crippen molar-refractivity contribution in [2.75, 3.05) is 18.4 Å². The monoisotopic (exact) mass is 1050 g/mol. The molecule has 7 rings (SSSR count). The van der Waals surface area contributed by atoms with Gasteiger partial charge in [0.2, 0.25) is 0 Å². The van der Waals surface area contributed by atoms with Crippen molar-refractivity contribution in [3.05, 3.63) is 143 Å². The molecule has 16 nitrogen and oxygen atoms in total. The van der Waals surface area contributed by atoms with E-state index in [0.717, 1.165) is 48.1 Å². The number of aliphatic hydroxyl groups excluding tert-OH is 2. The van der Waals surface area contributed by atoms with Gasteiger partial charge in [-0.3, -0.25) is 19.3 Å². The molecule has 75 heavy (non-hydrogen) atoms. The molecule has 0 saturated heterocycles. The average molecular weight is 1050 g/mol. The van der Waals surface area contributed by atoms with Crippen LogP contribution in [0.3, 0.4) is 0 Å². The summed E-state index contributed by atoms with van der Waals surface area (Å²) in [6.45, 7) is 10.8. The number of rotatable bonds is 19. The van der Waals surface area contributed by atoms with Crippen LogP contribution in [0.25, 0.3) is 22.4 Å². The molecule has 2 atom stereocenters. The fourth-order valence-electron chi connectivity index (χ4n) is 9.61. The van der Waals surface area contributed by atoms with Gasteiger partial charge in [-0.2, -0.15) is 0 Å². The minimum atomic E-state index is -3.98. The van der Waals surface area contributed by atoms with Crippen LogP contribution in [0.1, 0.15) is 114 Å². The number of para-hydroxylation sites is 1. The smallest absolute Gasteiger partial charge is 0.328 e. The molecule has 6 amide bonds. The summed E-state index contributed by atoms with van der Waals surface area (Å²) >= 11 is 0. The fraction of sp³-hybridized carbons (Fsp3) is 0.386. The predicted molar refractivity (Wildman–Crippen MR) is 286 cm³/mol. The van der Waals surface area contributed by atoms with Crippen molar-refractivity contribution < 1.29 is 52.1 Å². The van der Waals surface area contributed by atoms with Gasteiger partial charge in [-0.05, 0) is 141 Å². The summed E-state index contributed by atoms with van der Waals surface area (Å²) in [7, 11) is -3.98. The Bertz CT molecular complexity index is 2920. The second-order valence-electron chi connectivity index (χ2n) is 19.6. The molecule has 0 spiro atoms. The summed E-state index contributed by atoms with van der Waals surface area (Å²) in [6, 6.07) is 29.8. The van der Waals surface area contributed by atoms with E-state index in [4.69, 9.17) is 5.11 Å². The maximum atomic E-state index is 14.0. The number of aromatic nitrogens is 1. The van der Waals surface area contributed by atoms with Crippen LogP contribution in [-0.2, 0) is 32.6 Å². The standard InChI is InChI=1S/C33H35FN2O5.C24H34N4O5S/c1-21(2)31-30(33(41)35-25-11-7-4-8-12-25)29(22-9-5-3-6-10-22)32(23-13-15-24(34)16-14-23)36(31)18-17-26(37)19-27(38)20-28(39)40;1-4-21-17(3)15-28(22(21)29)24(31)25-14-13-18-7-11-20(12-8-18)34(32,33)27-23(30)26-19-9-5-16(2)6-10-19/h3-16,21,26-27,37-38H,17-20H2,1-2H3,(H,35,41)(H,39,40);7-8,11-12,16,19H,4-6,9-10,13-15H2,1-3H3,(H,25,31)(H2,26,27,30)/t26-,27-;/m1./s1. The van der Waals surface area contributed by atoms with Gasteiger partial charge < -0.3 is 35.8 Å². The number of urea groups is 2. The van der Waals surface area contributed by atoms with Gasteiger partial charge >= 0.3 is 18.0 Å². The number of amides is 6. The number of hydrogen-bond donors (Lipinski definition) is 7. The van der Waals surface area contributed by atoms with Crippen LogP contribution in [0, 0.1) is 11.7 Å². The maximum Gasteiger partial charge on any atom is 0.328 e. The lowest BCUT2D eigenvalue weighted by molar-refractivity contribution is -0.139. The Labute approximate surface area is 438 Å². The summed E-state index contributed by atoms with van der Waals surface area (Å²) in [5, 5.41) is 38.3. The zero-order valence-corrected chi connectivity index (χ0v) is 44.0. The zero-order valence-electron chi connectivity index (χ0n) is 43.1. The first-order valence-corrected chi connectivity index (χ1v) is 27.0. The molecule has 400 valence electrons. The lowest BCUT2D eigenvalue weighted by atomic mass is 9.87. The van der Waals surface area contributed by atoms with Gasteiger partial charge in [-0.25, -0.2) is 27.1 Å². The number of benzene rings is 4. The van der Waals surface area contributed by atoms with Crippen LogP contribution >= 0.6 is 0 Å². The number of anilines is 1. The van der Waals surface area contributed by atoms with Crippen molar-refractivity contribution in [2.24, 2.45) is 5.92 Å². The Morgan fingerprint density at radius 3 is 2.04 bits per heavy atom. The highest BCUT2D eigenvalue weighted by molar-refractivity contribution is 7.90. The van der Waals surface area contributed by atoms with E-state index in [1.807, 2.05) is 92.9 Å². The average Bonchev–Trinajstić information content (AvgIpc) is 3.87. The lowest BCUT2D eigenvalue weighted by Crippen LogP contribution is -2.45. The first-order valence-electron chi connectivity index (χ1n) is 25.5. The van der Waals surface area contributed by atoms with Crippen LogP contribution in [0.2, 0.25) is 0 Å². The molecular formula is C57H69FN6O10S. The first-order chi connectivity index (χ1) is 35.8. The van der Waals surface area contributed by atoms with E-state index >= 15 is 0 Å². The minimum absolute atomic E-state index is 0.00639. The molecule has 1 aliphatic heterocycles. The van der Waals surface area contributed by atoms with Crippen LogP contribution < -0.4 is 20.7 Å². The molecule has 4 aromatic carbocycles. The molecular weight excluding hydrogens is 980 g/mol. The highest BCUT2D eigenvalue weighted by Gasteiger charge is 2.33. The summed E-state index contributed by atoms with van der Waals surface area (Å²) < 4.78 is 43.2. The van der Waals surface area contributed by atoms with Gasteiger partial charge in [0.05, 0.1) is 41.3 Å². The first kappa shape index (κ1) is 57.1. The second-order valence-corrected chi connectivity index (χ2v) is 21.3. The second kappa shape index (κ2) is 26.4. The Balaban J connectivity index is 0.000000248. The number of hydrogen-bond acceptors (Lipinski definition) is 9. The SMILES string of the molecule is CC(C)c1c(C(=O)Nc2ccccc2)c(-c2ccccc2)c(-c2ccc(F)cc2)n1CC[C@@H](O)C[C@@H](O)CC(=O)O.CCC1=C(C)CN(C(=O)NCCc2ccc(S(=O)(=O)NC(=O)NC3CCC(C)CC3)cc2)C1=O. The molecule has 5 aromatic rings. The number of sulfonamides is 1. The molecule has 0 radical (unpaired) electrons. The number of halogens is 1. The predicted octanol–water partition coefficient (Wildman–Crippen LogP) is 9.39. The Morgan fingerprint density at radius 2 is 1.45 bits per heavy atom. The quantitative estimate of drug-likeness (QED) is 0.0414. The number of aliphatic carboxylic acids is 1. The third-order valence-corrected chi connectivity index (χ3v) is 14.8. The van der Waals surface area contributed by atoms with E-state index in [9.17, 15) is 47.0 Å². The highest BCUT2D eigenvalue weighted by atomic mass is 32.2. The van der Waals surface area contributed by atoms with Gasteiger partial charge in [-0.1, -0.05) is 88.4 Å². The molecule has 18 heteroatoms. The highest BCUT2D eigenvalue weighted by Crippen LogP contribution is 2.43. The van der Waals surface area contributed by atoms with E-state index in [-0.39, 0.29) is 53.9 Å². The molecule has 1 aliphatic carbocycles. The molecule has 1 saturated carbocycles. The molecule has 0 bridgehead atoms. The number of nitrogens with zero attached hydrogens (tertiary/aromatic N) is 2. The van der Waals surface area contributed by atoms with E-state index < -0.39 is 46.7 Å². The maximum absolute atomic E-state index is 14.0. The van der Waals surface area contributed by atoms with Crippen molar-refractivity contribution >= 4 is 45.6 Å². The van der Waals surface area contributed by atoms with Crippen molar-refractivity contribution in [1.29, 1.82) is 0 Å². The number of imide groups is 1. The molecule has 2 aliphatic rings. The van der Waals surface area contributed by atoms with Crippen LogP contribution in [0.5, 0.6) is 0 Å². The van der Waals surface area contributed by atoms with Gasteiger partial charge in [0.25, 0.3) is 21.8 Å². The van der Waals surface area contributed by atoms with Crippen molar-refractivity contribution in [2.45, 2.75) is 128 Å². The van der Waals surface area contributed by atoms with Crippen molar-refractivity contribution in [3.63, 3.8) is 0 Å². The summed E-state index contributed by atoms with van der Waals surface area (Å²) in [5.74, 6) is -1.55. The minimum Gasteiger partial charge on any atom is -0.481 e. The number of carboxylic acid groups (broad SMARTS) is 1. The van der Waals surface area contributed by atoms with Gasteiger partial charge in [0, 0.05) is 41.6 Å². The third-order valence-electron chi connectivity index (χ3n) is 13.4. The summed E-state index contributed by atoms with van der Waals surface area (Å²) in [6.07, 6.45) is 2.29. The zero-order chi connectivity index (χ0) is 54.4. The molecule has 7 N–H and O–H groups in total. The number of carbonyl (C=O) groups excluding carboxylic acids is 4. The molecule has 0 unspecified atom stereocenters.